The average molecular weight is 312 g/mol. The van der Waals surface area contributed by atoms with Crippen LogP contribution in [0.25, 0.3) is 0 Å². The fourth-order valence-corrected chi connectivity index (χ4v) is 3.29. The molecule has 1 aliphatic rings. The molecule has 3 rings (SSSR count). The van der Waals surface area contributed by atoms with E-state index in [-0.39, 0.29) is 5.91 Å². The molecule has 1 aliphatic heterocycles. The van der Waals surface area contributed by atoms with E-state index in [1.807, 2.05) is 29.4 Å². The second-order valence-electron chi connectivity index (χ2n) is 6.03. The number of amides is 1. The van der Waals surface area contributed by atoms with Gasteiger partial charge in [-0.25, -0.2) is 4.79 Å². The number of aryl methyl sites for hydroxylation is 2. The van der Waals surface area contributed by atoms with Crippen molar-refractivity contribution >= 4 is 5.91 Å². The molecule has 1 fully saturated rings. The maximum Gasteiger partial charge on any atom is 0.336 e. The molecule has 0 aliphatic carbocycles. The number of hydrogen-bond acceptors (Lipinski definition) is 4. The fourth-order valence-electron chi connectivity index (χ4n) is 3.29. The predicted octanol–water partition coefficient (Wildman–Crippen LogP) is 2.67. The van der Waals surface area contributed by atoms with Crippen LogP contribution in [-0.4, -0.2) is 28.9 Å². The van der Waals surface area contributed by atoms with Gasteiger partial charge in [0, 0.05) is 31.5 Å². The number of carbonyl (C=O) groups is 1. The Morgan fingerprint density at radius 3 is 2.48 bits per heavy atom. The minimum atomic E-state index is -0.409. The monoisotopic (exact) mass is 312 g/mol. The highest BCUT2D eigenvalue weighted by molar-refractivity contribution is 5.96. The molecule has 0 bridgehead atoms. The molecule has 2 aromatic heterocycles. The molecular weight excluding hydrogens is 292 g/mol. The van der Waals surface area contributed by atoms with Gasteiger partial charge in [-0.15, -0.1) is 0 Å². The smallest absolute Gasteiger partial charge is 0.336 e. The number of piperidine rings is 1. The normalized spacial score (nSPS) is 15.7. The zero-order valence-corrected chi connectivity index (χ0v) is 13.4. The van der Waals surface area contributed by atoms with Crippen LogP contribution in [-0.2, 0) is 0 Å². The lowest BCUT2D eigenvalue weighted by Gasteiger charge is -2.32. The molecule has 1 amide bonds. The molecule has 23 heavy (non-hydrogen) atoms. The first-order chi connectivity index (χ1) is 11.1. The molecule has 5 heteroatoms. The predicted molar refractivity (Wildman–Crippen MR) is 86.6 cm³/mol. The number of carbonyl (C=O) groups excluding carboxylic acids is 1. The number of rotatable bonds is 2. The van der Waals surface area contributed by atoms with Gasteiger partial charge in [0.15, 0.2) is 0 Å². The van der Waals surface area contributed by atoms with E-state index in [4.69, 9.17) is 4.42 Å². The van der Waals surface area contributed by atoms with Gasteiger partial charge >= 0.3 is 5.63 Å². The van der Waals surface area contributed by atoms with Crippen molar-refractivity contribution in [2.24, 2.45) is 0 Å². The maximum atomic E-state index is 12.7. The lowest BCUT2D eigenvalue weighted by molar-refractivity contribution is 0.0708. The summed E-state index contributed by atoms with van der Waals surface area (Å²) in [5.74, 6) is 0.825. The highest BCUT2D eigenvalue weighted by atomic mass is 16.4. The summed E-state index contributed by atoms with van der Waals surface area (Å²) < 4.78 is 5.08. The molecule has 0 saturated carbocycles. The Kier molecular flexibility index (Phi) is 4.28. The summed E-state index contributed by atoms with van der Waals surface area (Å²) >= 11 is 0. The molecule has 120 valence electrons. The van der Waals surface area contributed by atoms with Crippen molar-refractivity contribution in [1.82, 2.24) is 9.88 Å². The minimum Gasteiger partial charge on any atom is -0.427 e. The highest BCUT2D eigenvalue weighted by Crippen LogP contribution is 2.28. The van der Waals surface area contributed by atoms with Crippen molar-refractivity contribution in [2.75, 3.05) is 13.1 Å². The van der Waals surface area contributed by atoms with Crippen LogP contribution in [0.1, 0.15) is 46.0 Å². The summed E-state index contributed by atoms with van der Waals surface area (Å²) in [6, 6.07) is 5.47. The number of pyridine rings is 1. The zero-order chi connectivity index (χ0) is 16.4. The maximum absolute atomic E-state index is 12.7. The van der Waals surface area contributed by atoms with Gasteiger partial charge in [-0.05, 0) is 55.9 Å². The third-order valence-electron chi connectivity index (χ3n) is 4.51. The van der Waals surface area contributed by atoms with E-state index in [1.165, 1.54) is 11.6 Å². The largest absolute Gasteiger partial charge is 0.427 e. The van der Waals surface area contributed by atoms with Crippen LogP contribution in [0.4, 0.5) is 0 Å². The summed E-state index contributed by atoms with van der Waals surface area (Å²) in [5, 5.41) is 0. The first-order valence-electron chi connectivity index (χ1n) is 7.87. The van der Waals surface area contributed by atoms with Crippen LogP contribution in [0.3, 0.4) is 0 Å². The molecule has 2 aromatic rings. The highest BCUT2D eigenvalue weighted by Gasteiger charge is 2.27. The van der Waals surface area contributed by atoms with Gasteiger partial charge in [-0.3, -0.25) is 9.78 Å². The standard InChI is InChI=1S/C18H20N2O3/c1-12-11-16(21)23-13(2)17(12)18(22)20-9-5-15(6-10-20)14-3-7-19-8-4-14/h3-4,7-8,11,15H,5-6,9-10H2,1-2H3. The Balaban J connectivity index is 1.73. The van der Waals surface area contributed by atoms with E-state index in [9.17, 15) is 9.59 Å². The topological polar surface area (TPSA) is 63.4 Å². The van der Waals surface area contributed by atoms with Gasteiger partial charge in [-0.2, -0.15) is 0 Å². The Morgan fingerprint density at radius 2 is 1.87 bits per heavy atom. The molecular formula is C18H20N2O3. The van der Waals surface area contributed by atoms with Crippen molar-refractivity contribution in [3.05, 3.63) is 63.5 Å². The SMILES string of the molecule is Cc1cc(=O)oc(C)c1C(=O)N1CCC(c2ccncc2)CC1. The molecule has 0 aromatic carbocycles. The van der Waals surface area contributed by atoms with Gasteiger partial charge < -0.3 is 9.32 Å². The minimum absolute atomic E-state index is 0.0445. The summed E-state index contributed by atoms with van der Waals surface area (Å²) in [5.41, 5.74) is 2.07. The van der Waals surface area contributed by atoms with Crippen molar-refractivity contribution in [3.63, 3.8) is 0 Å². The lowest BCUT2D eigenvalue weighted by atomic mass is 9.90. The Bertz CT molecular complexity index is 733. The quantitative estimate of drug-likeness (QED) is 0.855. The molecule has 0 atom stereocenters. The summed E-state index contributed by atoms with van der Waals surface area (Å²) in [7, 11) is 0. The average Bonchev–Trinajstić information content (AvgIpc) is 2.55. The number of nitrogens with zero attached hydrogens (tertiary/aromatic N) is 2. The van der Waals surface area contributed by atoms with Crippen LogP contribution < -0.4 is 5.63 Å². The Morgan fingerprint density at radius 1 is 1.22 bits per heavy atom. The van der Waals surface area contributed by atoms with Crippen molar-refractivity contribution < 1.29 is 9.21 Å². The third kappa shape index (κ3) is 3.18. The Labute approximate surface area is 135 Å². The Hall–Kier alpha value is -2.43. The van der Waals surface area contributed by atoms with Crippen molar-refractivity contribution in [3.8, 4) is 0 Å². The van der Waals surface area contributed by atoms with E-state index in [2.05, 4.69) is 4.98 Å². The molecule has 0 unspecified atom stereocenters. The number of aromatic nitrogens is 1. The van der Waals surface area contributed by atoms with Crippen LogP contribution in [0, 0.1) is 13.8 Å². The third-order valence-corrected chi connectivity index (χ3v) is 4.51. The van der Waals surface area contributed by atoms with Gasteiger partial charge in [0.05, 0.1) is 5.56 Å². The van der Waals surface area contributed by atoms with Crippen molar-refractivity contribution in [2.45, 2.75) is 32.6 Å². The molecule has 0 N–H and O–H groups in total. The van der Waals surface area contributed by atoms with E-state index in [0.29, 0.717) is 35.9 Å². The van der Waals surface area contributed by atoms with E-state index >= 15 is 0 Å². The summed E-state index contributed by atoms with van der Waals surface area (Å²) in [4.78, 5) is 30.0. The van der Waals surface area contributed by atoms with Gasteiger partial charge in [0.2, 0.25) is 0 Å². The number of hydrogen-bond donors (Lipinski definition) is 0. The van der Waals surface area contributed by atoms with E-state index in [0.717, 1.165) is 12.8 Å². The first kappa shape index (κ1) is 15.5. The van der Waals surface area contributed by atoms with E-state index < -0.39 is 5.63 Å². The fraction of sp³-hybridized carbons (Fsp3) is 0.389. The van der Waals surface area contributed by atoms with Crippen LogP contribution in [0.5, 0.6) is 0 Å². The van der Waals surface area contributed by atoms with Gasteiger partial charge in [0.25, 0.3) is 5.91 Å². The zero-order valence-electron chi connectivity index (χ0n) is 13.4. The molecule has 5 nitrogen and oxygen atoms in total. The van der Waals surface area contributed by atoms with E-state index in [1.54, 1.807) is 13.8 Å². The molecule has 3 heterocycles. The van der Waals surface area contributed by atoms with Crippen molar-refractivity contribution in [1.29, 1.82) is 0 Å². The van der Waals surface area contributed by atoms with Crippen LogP contribution >= 0.6 is 0 Å². The van der Waals surface area contributed by atoms with Crippen LogP contribution in [0.15, 0.2) is 39.8 Å². The van der Waals surface area contributed by atoms with Crippen LogP contribution in [0.2, 0.25) is 0 Å². The molecule has 0 spiro atoms. The summed E-state index contributed by atoms with van der Waals surface area (Å²) in [6.45, 7) is 4.87. The molecule has 1 saturated heterocycles. The first-order valence-corrected chi connectivity index (χ1v) is 7.87. The lowest BCUT2D eigenvalue weighted by Crippen LogP contribution is -2.38. The van der Waals surface area contributed by atoms with Gasteiger partial charge in [-0.1, -0.05) is 0 Å². The molecule has 0 radical (unpaired) electrons. The summed E-state index contributed by atoms with van der Waals surface area (Å²) in [6.07, 6.45) is 5.49. The second-order valence-corrected chi connectivity index (χ2v) is 6.03. The second kappa shape index (κ2) is 6.36. The van der Waals surface area contributed by atoms with Gasteiger partial charge in [0.1, 0.15) is 5.76 Å². The number of likely N-dealkylation sites (tertiary alicyclic amines) is 1.